The van der Waals surface area contributed by atoms with Crippen LogP contribution in [0.1, 0.15) is 13.3 Å². The van der Waals surface area contributed by atoms with Crippen molar-refractivity contribution in [1.82, 2.24) is 0 Å². The van der Waals surface area contributed by atoms with Crippen LogP contribution < -0.4 is 0 Å². The first-order valence-corrected chi connectivity index (χ1v) is 2.68. The predicted molar refractivity (Wildman–Crippen MR) is 35.7 cm³/mol. The van der Waals surface area contributed by atoms with E-state index in [1.807, 2.05) is 13.0 Å². The van der Waals surface area contributed by atoms with Gasteiger partial charge in [0.25, 0.3) is 0 Å². The summed E-state index contributed by atoms with van der Waals surface area (Å²) in [5.74, 6) is 0. The molecular weight excluding hydrogens is 100 g/mol. The molecule has 0 rings (SSSR count). The third-order valence-corrected chi connectivity index (χ3v) is 0.906. The SMILES string of the molecule is C=CC/C(C)=C/CO. The first-order chi connectivity index (χ1) is 3.81. The Hall–Kier alpha value is -0.560. The smallest absolute Gasteiger partial charge is 0.0615 e. The molecule has 0 saturated heterocycles. The predicted octanol–water partition coefficient (Wildman–Crippen LogP) is 1.50. The third-order valence-electron chi connectivity index (χ3n) is 0.906. The Morgan fingerprint density at radius 1 is 1.75 bits per heavy atom. The van der Waals surface area contributed by atoms with Gasteiger partial charge in [-0.2, -0.15) is 0 Å². The Kier molecular flexibility index (Phi) is 4.27. The van der Waals surface area contributed by atoms with Crippen molar-refractivity contribution in [1.29, 1.82) is 0 Å². The highest BCUT2D eigenvalue weighted by Gasteiger charge is 1.79. The second-order valence-electron chi connectivity index (χ2n) is 1.73. The third kappa shape index (κ3) is 3.62. The molecule has 0 saturated carbocycles. The second kappa shape index (κ2) is 4.60. The maximum atomic E-state index is 8.35. The van der Waals surface area contributed by atoms with Gasteiger partial charge in [0.15, 0.2) is 0 Å². The maximum Gasteiger partial charge on any atom is 0.0615 e. The van der Waals surface area contributed by atoms with Crippen molar-refractivity contribution >= 4 is 0 Å². The summed E-state index contributed by atoms with van der Waals surface area (Å²) in [6, 6.07) is 0. The van der Waals surface area contributed by atoms with Crippen LogP contribution in [0.15, 0.2) is 24.3 Å². The van der Waals surface area contributed by atoms with Crippen molar-refractivity contribution in [3.63, 3.8) is 0 Å². The van der Waals surface area contributed by atoms with E-state index in [2.05, 4.69) is 6.58 Å². The summed E-state index contributed by atoms with van der Waals surface area (Å²) in [5, 5.41) is 8.35. The van der Waals surface area contributed by atoms with Crippen LogP contribution in [-0.4, -0.2) is 11.7 Å². The van der Waals surface area contributed by atoms with E-state index in [9.17, 15) is 0 Å². The van der Waals surface area contributed by atoms with Crippen LogP contribution in [0, 0.1) is 0 Å². The molecule has 46 valence electrons. The minimum Gasteiger partial charge on any atom is -0.392 e. The fourth-order valence-electron chi connectivity index (χ4n) is 0.467. The molecule has 1 nitrogen and oxygen atoms in total. The zero-order valence-corrected chi connectivity index (χ0v) is 5.22. The van der Waals surface area contributed by atoms with Crippen LogP contribution in [0.4, 0.5) is 0 Å². The molecule has 0 aliphatic heterocycles. The lowest BCUT2D eigenvalue weighted by atomic mass is 10.2. The highest BCUT2D eigenvalue weighted by atomic mass is 16.2. The molecule has 0 radical (unpaired) electrons. The van der Waals surface area contributed by atoms with Gasteiger partial charge in [0.2, 0.25) is 0 Å². The standard InChI is InChI=1S/C7H12O/c1-3-4-7(2)5-6-8/h3,5,8H,1,4,6H2,2H3/b7-5+. The maximum absolute atomic E-state index is 8.35. The van der Waals surface area contributed by atoms with Gasteiger partial charge in [0.1, 0.15) is 0 Å². The number of aliphatic hydroxyl groups is 1. The van der Waals surface area contributed by atoms with Crippen molar-refractivity contribution in [2.75, 3.05) is 6.61 Å². The largest absolute Gasteiger partial charge is 0.392 e. The Bertz CT molecular complexity index is 92.6. The van der Waals surface area contributed by atoms with Crippen molar-refractivity contribution < 1.29 is 5.11 Å². The molecule has 0 heterocycles. The Morgan fingerprint density at radius 3 is 2.75 bits per heavy atom. The first-order valence-electron chi connectivity index (χ1n) is 2.68. The van der Waals surface area contributed by atoms with E-state index in [-0.39, 0.29) is 6.61 Å². The minimum absolute atomic E-state index is 0.139. The average molecular weight is 112 g/mol. The van der Waals surface area contributed by atoms with Gasteiger partial charge in [-0.15, -0.1) is 6.58 Å². The van der Waals surface area contributed by atoms with Gasteiger partial charge in [-0.05, 0) is 13.3 Å². The van der Waals surface area contributed by atoms with E-state index < -0.39 is 0 Å². The molecule has 0 atom stereocenters. The molecule has 0 fully saturated rings. The highest BCUT2D eigenvalue weighted by molar-refractivity contribution is 5.02. The van der Waals surface area contributed by atoms with E-state index >= 15 is 0 Å². The van der Waals surface area contributed by atoms with Gasteiger partial charge in [-0.25, -0.2) is 0 Å². The summed E-state index contributed by atoms with van der Waals surface area (Å²) in [6.45, 7) is 5.67. The summed E-state index contributed by atoms with van der Waals surface area (Å²) in [6.07, 6.45) is 4.48. The van der Waals surface area contributed by atoms with Crippen LogP contribution in [-0.2, 0) is 0 Å². The number of hydrogen-bond donors (Lipinski definition) is 1. The fraction of sp³-hybridized carbons (Fsp3) is 0.429. The molecule has 8 heavy (non-hydrogen) atoms. The van der Waals surface area contributed by atoms with Crippen molar-refractivity contribution in [2.24, 2.45) is 0 Å². The summed E-state index contributed by atoms with van der Waals surface area (Å²) < 4.78 is 0. The van der Waals surface area contributed by atoms with Crippen molar-refractivity contribution in [2.45, 2.75) is 13.3 Å². The molecule has 1 N–H and O–H groups in total. The van der Waals surface area contributed by atoms with Crippen LogP contribution in [0.5, 0.6) is 0 Å². The lowest BCUT2D eigenvalue weighted by Crippen LogP contribution is -1.76. The normalized spacial score (nSPS) is 11.5. The second-order valence-corrected chi connectivity index (χ2v) is 1.73. The number of rotatable bonds is 3. The van der Waals surface area contributed by atoms with Gasteiger partial charge in [0.05, 0.1) is 6.61 Å². The molecule has 0 aromatic carbocycles. The Morgan fingerprint density at radius 2 is 2.38 bits per heavy atom. The summed E-state index contributed by atoms with van der Waals surface area (Å²) >= 11 is 0. The number of aliphatic hydroxyl groups excluding tert-OH is 1. The van der Waals surface area contributed by atoms with Crippen molar-refractivity contribution in [3.8, 4) is 0 Å². The molecule has 0 unspecified atom stereocenters. The van der Waals surface area contributed by atoms with E-state index in [4.69, 9.17) is 5.11 Å². The summed E-state index contributed by atoms with van der Waals surface area (Å²) in [4.78, 5) is 0. The molecule has 0 spiro atoms. The van der Waals surface area contributed by atoms with Gasteiger partial charge in [0, 0.05) is 0 Å². The van der Waals surface area contributed by atoms with Gasteiger partial charge >= 0.3 is 0 Å². The van der Waals surface area contributed by atoms with Crippen LogP contribution >= 0.6 is 0 Å². The summed E-state index contributed by atoms with van der Waals surface area (Å²) in [5.41, 5.74) is 1.17. The van der Waals surface area contributed by atoms with Gasteiger partial charge < -0.3 is 5.11 Å². The molecular formula is C7H12O. The lowest BCUT2D eigenvalue weighted by molar-refractivity contribution is 0.341. The Balaban J connectivity index is 3.44. The van der Waals surface area contributed by atoms with E-state index in [1.165, 1.54) is 5.57 Å². The quantitative estimate of drug-likeness (QED) is 0.548. The molecule has 1 heteroatoms. The van der Waals surface area contributed by atoms with Crippen LogP contribution in [0.25, 0.3) is 0 Å². The van der Waals surface area contributed by atoms with Crippen LogP contribution in [0.3, 0.4) is 0 Å². The van der Waals surface area contributed by atoms with Gasteiger partial charge in [-0.1, -0.05) is 17.7 Å². The molecule has 0 aliphatic carbocycles. The van der Waals surface area contributed by atoms with E-state index in [0.717, 1.165) is 6.42 Å². The first kappa shape index (κ1) is 7.44. The van der Waals surface area contributed by atoms with Crippen molar-refractivity contribution in [3.05, 3.63) is 24.3 Å². The Labute approximate surface area is 50.3 Å². The molecule has 0 aromatic heterocycles. The average Bonchev–Trinajstić information content (AvgIpc) is 1.68. The topological polar surface area (TPSA) is 20.2 Å². The molecule has 0 amide bonds. The van der Waals surface area contributed by atoms with Gasteiger partial charge in [-0.3, -0.25) is 0 Å². The van der Waals surface area contributed by atoms with E-state index in [1.54, 1.807) is 6.08 Å². The zero-order valence-electron chi connectivity index (χ0n) is 5.22. The van der Waals surface area contributed by atoms with E-state index in [0.29, 0.717) is 0 Å². The highest BCUT2D eigenvalue weighted by Crippen LogP contribution is 1.97. The minimum atomic E-state index is 0.139. The number of hydrogen-bond acceptors (Lipinski definition) is 1. The molecule has 0 bridgehead atoms. The fourth-order valence-corrected chi connectivity index (χ4v) is 0.467. The molecule has 0 aromatic rings. The lowest BCUT2D eigenvalue weighted by Gasteiger charge is -1.90. The molecule has 0 aliphatic rings. The monoisotopic (exact) mass is 112 g/mol. The van der Waals surface area contributed by atoms with Crippen LogP contribution in [0.2, 0.25) is 0 Å². The number of allylic oxidation sites excluding steroid dienone is 2. The summed E-state index contributed by atoms with van der Waals surface area (Å²) in [7, 11) is 0. The zero-order chi connectivity index (χ0) is 6.41.